The van der Waals surface area contributed by atoms with E-state index in [9.17, 15) is 4.39 Å². The first-order valence-corrected chi connectivity index (χ1v) is 11.8. The molecule has 0 saturated carbocycles. The van der Waals surface area contributed by atoms with Gasteiger partial charge >= 0.3 is 0 Å². The Morgan fingerprint density at radius 3 is 2.68 bits per heavy atom. The third-order valence-electron chi connectivity index (χ3n) is 6.11. The molecule has 0 aliphatic carbocycles. The molecule has 10 heteroatoms. The maximum absolute atomic E-state index is 14.5. The fourth-order valence-electron chi connectivity index (χ4n) is 4.31. The highest BCUT2D eigenvalue weighted by Crippen LogP contribution is 2.33. The highest BCUT2D eigenvalue weighted by Gasteiger charge is 2.17. The second kappa shape index (κ2) is 9.40. The first-order valence-electron chi connectivity index (χ1n) is 11.8. The summed E-state index contributed by atoms with van der Waals surface area (Å²) in [5, 5.41) is 11.8. The Bertz CT molecular complexity index is 1710. The molecule has 0 aliphatic heterocycles. The van der Waals surface area contributed by atoms with Crippen LogP contribution in [-0.4, -0.2) is 67.2 Å². The van der Waals surface area contributed by atoms with Crippen molar-refractivity contribution in [1.29, 1.82) is 0 Å². The summed E-state index contributed by atoms with van der Waals surface area (Å²) in [6.07, 6.45) is 6.73. The van der Waals surface area contributed by atoms with Gasteiger partial charge in [-0.05, 0) is 50.5 Å². The Kier molecular flexibility index (Phi) is 5.78. The molecule has 6 aromatic rings. The molecule has 3 N–H and O–H groups in total. The minimum Gasteiger partial charge on any atom is -0.384 e. The molecule has 0 amide bonds. The van der Waals surface area contributed by atoms with E-state index in [1.165, 1.54) is 12.1 Å². The summed E-state index contributed by atoms with van der Waals surface area (Å²) in [6, 6.07) is 12.7. The van der Waals surface area contributed by atoms with Crippen LogP contribution in [0.4, 0.5) is 10.1 Å². The largest absolute Gasteiger partial charge is 0.384 e. The van der Waals surface area contributed by atoms with Crippen molar-refractivity contribution in [3.63, 3.8) is 0 Å². The first kappa shape index (κ1) is 22.7. The van der Waals surface area contributed by atoms with Gasteiger partial charge < -0.3 is 15.2 Å². The average molecular weight is 494 g/mol. The van der Waals surface area contributed by atoms with Crippen LogP contribution in [0.15, 0.2) is 67.3 Å². The van der Waals surface area contributed by atoms with Crippen molar-refractivity contribution in [3.8, 4) is 34.0 Å². The number of imidazole rings is 1. The number of H-pyrrole nitrogens is 2. The number of halogens is 1. The molecule has 0 saturated heterocycles. The number of likely N-dealkylation sites (N-methyl/N-ethyl adjacent to an activating group) is 1. The number of pyridine rings is 1. The topological polar surface area (TPSA) is 111 Å². The number of hydrogen-bond donors (Lipinski definition) is 3. The van der Waals surface area contributed by atoms with Gasteiger partial charge in [-0.1, -0.05) is 6.07 Å². The van der Waals surface area contributed by atoms with Gasteiger partial charge in [0.25, 0.3) is 0 Å². The maximum atomic E-state index is 14.5. The van der Waals surface area contributed by atoms with Crippen LogP contribution in [0.1, 0.15) is 0 Å². The van der Waals surface area contributed by atoms with Gasteiger partial charge in [0, 0.05) is 53.9 Å². The summed E-state index contributed by atoms with van der Waals surface area (Å²) in [4.78, 5) is 23.4. The number of anilines is 1. The normalized spacial score (nSPS) is 11.6. The number of nitrogens with zero attached hydrogens (tertiary/aromatic N) is 6. The van der Waals surface area contributed by atoms with Crippen molar-refractivity contribution < 1.29 is 4.39 Å². The summed E-state index contributed by atoms with van der Waals surface area (Å²) in [5.74, 6) is 0.252. The second-order valence-corrected chi connectivity index (χ2v) is 9.02. The predicted molar refractivity (Wildman–Crippen MR) is 142 cm³/mol. The summed E-state index contributed by atoms with van der Waals surface area (Å²) in [5.41, 5.74) is 6.61. The van der Waals surface area contributed by atoms with E-state index in [4.69, 9.17) is 4.98 Å². The van der Waals surface area contributed by atoms with Crippen molar-refractivity contribution in [2.75, 3.05) is 32.5 Å². The Hall–Kier alpha value is -4.70. The zero-order valence-corrected chi connectivity index (χ0v) is 20.3. The molecule has 0 unspecified atom stereocenters. The minimum absolute atomic E-state index is 0.339. The number of benzene rings is 2. The van der Waals surface area contributed by atoms with Gasteiger partial charge in [0.2, 0.25) is 0 Å². The fourth-order valence-corrected chi connectivity index (χ4v) is 4.31. The molecule has 4 aromatic heterocycles. The lowest BCUT2D eigenvalue weighted by Crippen LogP contribution is -2.20. The number of fused-ring (bicyclic) bond motifs is 2. The molecule has 0 aliphatic rings. The molecule has 2 aromatic carbocycles. The lowest BCUT2D eigenvalue weighted by atomic mass is 10.1. The predicted octanol–water partition coefficient (Wildman–Crippen LogP) is 4.74. The smallest absolute Gasteiger partial charge is 0.159 e. The van der Waals surface area contributed by atoms with E-state index >= 15 is 0 Å². The quantitative estimate of drug-likeness (QED) is 0.295. The Morgan fingerprint density at radius 2 is 1.84 bits per heavy atom. The standard InChI is InChI=1S/C27H24FN9/c1-37(2)10-9-30-19-12-17(11-18(28)14-19)24-26-22(5-6-32-24)33-27(34-26)25-20-13-16(3-4-21(20)35-36-25)23-15-29-7-8-31-23/h3-8,11-15,30H,9-10H2,1-2H3,(H,33,34)(H,35,36). The molecular weight excluding hydrogens is 469 g/mol. The van der Waals surface area contributed by atoms with Crippen molar-refractivity contribution in [3.05, 3.63) is 73.1 Å². The summed E-state index contributed by atoms with van der Waals surface area (Å²) in [7, 11) is 4.00. The van der Waals surface area contributed by atoms with Crippen LogP contribution in [0.3, 0.4) is 0 Å². The van der Waals surface area contributed by atoms with Gasteiger partial charge in [-0.2, -0.15) is 5.10 Å². The van der Waals surface area contributed by atoms with Crippen molar-refractivity contribution in [1.82, 2.24) is 40.0 Å². The molecule has 37 heavy (non-hydrogen) atoms. The van der Waals surface area contributed by atoms with E-state index in [2.05, 4.69) is 40.3 Å². The molecule has 6 rings (SSSR count). The van der Waals surface area contributed by atoms with Crippen molar-refractivity contribution in [2.45, 2.75) is 0 Å². The molecule has 4 heterocycles. The molecule has 0 radical (unpaired) electrons. The molecule has 184 valence electrons. The Labute approximate surface area is 211 Å². The first-order chi connectivity index (χ1) is 18.0. The van der Waals surface area contributed by atoms with E-state index in [0.29, 0.717) is 40.5 Å². The van der Waals surface area contributed by atoms with Crippen LogP contribution in [0, 0.1) is 5.82 Å². The monoisotopic (exact) mass is 493 g/mol. The number of aromatic amines is 2. The lowest BCUT2D eigenvalue weighted by Gasteiger charge is -2.12. The van der Waals surface area contributed by atoms with Crippen LogP contribution >= 0.6 is 0 Å². The van der Waals surface area contributed by atoms with Crippen LogP contribution in [-0.2, 0) is 0 Å². The van der Waals surface area contributed by atoms with E-state index in [1.54, 1.807) is 24.8 Å². The molecule has 9 nitrogen and oxygen atoms in total. The van der Waals surface area contributed by atoms with Gasteiger partial charge in [-0.15, -0.1) is 0 Å². The maximum Gasteiger partial charge on any atom is 0.159 e. The molecule has 0 fully saturated rings. The third kappa shape index (κ3) is 4.50. The van der Waals surface area contributed by atoms with Crippen molar-refractivity contribution >= 4 is 27.6 Å². The summed E-state index contributed by atoms with van der Waals surface area (Å²) >= 11 is 0. The van der Waals surface area contributed by atoms with Gasteiger partial charge in [-0.25, -0.2) is 9.37 Å². The average Bonchev–Trinajstić information content (AvgIpc) is 3.52. The van der Waals surface area contributed by atoms with E-state index in [1.807, 2.05) is 44.4 Å². The van der Waals surface area contributed by atoms with Gasteiger partial charge in [0.15, 0.2) is 5.82 Å². The van der Waals surface area contributed by atoms with E-state index in [0.717, 1.165) is 34.2 Å². The molecule has 0 bridgehead atoms. The highest BCUT2D eigenvalue weighted by molar-refractivity contribution is 5.97. The lowest BCUT2D eigenvalue weighted by molar-refractivity contribution is 0.425. The zero-order valence-electron chi connectivity index (χ0n) is 20.3. The third-order valence-corrected chi connectivity index (χ3v) is 6.11. The highest BCUT2D eigenvalue weighted by atomic mass is 19.1. The number of hydrogen-bond acceptors (Lipinski definition) is 7. The van der Waals surface area contributed by atoms with E-state index < -0.39 is 0 Å². The van der Waals surface area contributed by atoms with E-state index in [-0.39, 0.29) is 5.82 Å². The van der Waals surface area contributed by atoms with Crippen LogP contribution < -0.4 is 5.32 Å². The van der Waals surface area contributed by atoms with Gasteiger partial charge in [0.05, 0.1) is 28.6 Å². The van der Waals surface area contributed by atoms with Crippen molar-refractivity contribution in [2.24, 2.45) is 0 Å². The zero-order chi connectivity index (χ0) is 25.4. The van der Waals surface area contributed by atoms with Gasteiger partial charge in [0.1, 0.15) is 17.0 Å². The number of rotatable bonds is 7. The Morgan fingerprint density at radius 1 is 0.919 bits per heavy atom. The molecular formula is C27H24FN9. The molecule has 0 atom stereocenters. The number of aromatic nitrogens is 7. The SMILES string of the molecule is CN(C)CCNc1cc(F)cc(-c2nccc3[nH]c(-c4n[nH]c5ccc(-c6cnccn6)cc45)nc23)c1. The summed E-state index contributed by atoms with van der Waals surface area (Å²) < 4.78 is 14.5. The number of nitrogens with one attached hydrogen (secondary N) is 3. The molecule has 0 spiro atoms. The fraction of sp³-hybridized carbons (Fsp3) is 0.148. The van der Waals surface area contributed by atoms with Crippen LogP contribution in [0.2, 0.25) is 0 Å². The van der Waals surface area contributed by atoms with Crippen LogP contribution in [0.5, 0.6) is 0 Å². The summed E-state index contributed by atoms with van der Waals surface area (Å²) in [6.45, 7) is 1.53. The van der Waals surface area contributed by atoms with Gasteiger partial charge in [-0.3, -0.25) is 20.1 Å². The Balaban J connectivity index is 1.41. The van der Waals surface area contributed by atoms with Crippen LogP contribution in [0.25, 0.3) is 56.0 Å². The second-order valence-electron chi connectivity index (χ2n) is 9.02. The minimum atomic E-state index is -0.339.